The molecule has 0 atom stereocenters. The number of hydrogen-bond acceptors (Lipinski definition) is 4. The number of aryl methyl sites for hydroxylation is 2. The van der Waals surface area contributed by atoms with Crippen molar-refractivity contribution in [2.75, 3.05) is 0 Å². The lowest BCUT2D eigenvalue weighted by atomic mass is 10.3. The second-order valence-electron chi connectivity index (χ2n) is 1.88. The molecule has 0 bridgehead atoms. The van der Waals surface area contributed by atoms with Crippen LogP contribution in [0.15, 0.2) is 9.52 Å². The lowest BCUT2D eigenvalue weighted by molar-refractivity contribution is 0.393. The summed E-state index contributed by atoms with van der Waals surface area (Å²) in [4.78, 5) is 3.77. The molecule has 10 heavy (non-hydrogen) atoms. The summed E-state index contributed by atoms with van der Waals surface area (Å²) < 4.78 is 4.82. The van der Waals surface area contributed by atoms with Crippen molar-refractivity contribution >= 4 is 23.1 Å². The van der Waals surface area contributed by atoms with Gasteiger partial charge >= 0.3 is 0 Å². The van der Waals surface area contributed by atoms with Gasteiger partial charge in [0.15, 0.2) is 5.76 Å². The Morgan fingerprint density at radius 2 is 2.30 bits per heavy atom. The SMILES string of the molecule is Cc1noc(C)c1N=C=S. The Hall–Kier alpha value is -0.990. The molecular formula is C6H6N2OS. The number of thiocarbonyl (C=S) groups is 1. The van der Waals surface area contributed by atoms with Crippen LogP contribution in [-0.4, -0.2) is 10.3 Å². The van der Waals surface area contributed by atoms with E-state index in [1.807, 2.05) is 6.92 Å². The molecule has 1 rings (SSSR count). The highest BCUT2D eigenvalue weighted by Crippen LogP contribution is 2.21. The van der Waals surface area contributed by atoms with Gasteiger partial charge in [0.1, 0.15) is 11.4 Å². The van der Waals surface area contributed by atoms with Crippen molar-refractivity contribution in [2.45, 2.75) is 13.8 Å². The molecule has 1 aromatic heterocycles. The third-order valence-corrected chi connectivity index (χ3v) is 1.24. The molecule has 1 heterocycles. The first-order valence-electron chi connectivity index (χ1n) is 2.76. The minimum atomic E-state index is 0.676. The van der Waals surface area contributed by atoms with Gasteiger partial charge in [-0.05, 0) is 26.1 Å². The van der Waals surface area contributed by atoms with Gasteiger partial charge < -0.3 is 4.52 Å². The molecule has 0 fully saturated rings. The molecule has 0 saturated heterocycles. The zero-order chi connectivity index (χ0) is 7.56. The van der Waals surface area contributed by atoms with E-state index < -0.39 is 0 Å². The first-order chi connectivity index (χ1) is 4.75. The third-order valence-electron chi connectivity index (χ3n) is 1.15. The van der Waals surface area contributed by atoms with E-state index in [1.165, 1.54) is 0 Å². The van der Waals surface area contributed by atoms with E-state index in [-0.39, 0.29) is 0 Å². The second kappa shape index (κ2) is 2.73. The molecule has 0 amide bonds. The molecule has 1 aromatic rings. The predicted molar refractivity (Wildman–Crippen MR) is 40.7 cm³/mol. The number of aromatic nitrogens is 1. The van der Waals surface area contributed by atoms with Crippen LogP contribution in [0.3, 0.4) is 0 Å². The quantitative estimate of drug-likeness (QED) is 0.459. The normalized spacial score (nSPS) is 9.00. The molecule has 0 aromatic carbocycles. The molecule has 0 spiro atoms. The van der Waals surface area contributed by atoms with Gasteiger partial charge in [-0.3, -0.25) is 0 Å². The Labute approximate surface area is 63.7 Å². The smallest absolute Gasteiger partial charge is 0.160 e. The van der Waals surface area contributed by atoms with E-state index in [1.54, 1.807) is 6.92 Å². The maximum absolute atomic E-state index is 4.82. The summed E-state index contributed by atoms with van der Waals surface area (Å²) in [5, 5.41) is 5.94. The van der Waals surface area contributed by atoms with Crippen molar-refractivity contribution in [3.8, 4) is 0 Å². The monoisotopic (exact) mass is 154 g/mol. The fourth-order valence-corrected chi connectivity index (χ4v) is 0.775. The molecule has 0 aliphatic carbocycles. The van der Waals surface area contributed by atoms with Crippen molar-refractivity contribution in [1.82, 2.24) is 5.16 Å². The van der Waals surface area contributed by atoms with Gasteiger partial charge in [0, 0.05) is 0 Å². The topological polar surface area (TPSA) is 38.4 Å². The van der Waals surface area contributed by atoms with E-state index in [0.29, 0.717) is 11.4 Å². The van der Waals surface area contributed by atoms with Gasteiger partial charge in [0.05, 0.1) is 5.16 Å². The van der Waals surface area contributed by atoms with Crippen molar-refractivity contribution in [3.05, 3.63) is 11.5 Å². The first kappa shape index (κ1) is 7.12. The molecule has 0 aliphatic rings. The lowest BCUT2D eigenvalue weighted by Gasteiger charge is -1.81. The molecule has 0 radical (unpaired) electrons. The maximum Gasteiger partial charge on any atom is 0.160 e. The predicted octanol–water partition coefficient (Wildman–Crippen LogP) is 2.03. The molecule has 3 nitrogen and oxygen atoms in total. The van der Waals surface area contributed by atoms with Crippen LogP contribution in [0, 0.1) is 13.8 Å². The van der Waals surface area contributed by atoms with E-state index in [2.05, 4.69) is 27.5 Å². The van der Waals surface area contributed by atoms with E-state index >= 15 is 0 Å². The minimum absolute atomic E-state index is 0.676. The summed E-state index contributed by atoms with van der Waals surface area (Å²) in [7, 11) is 0. The number of nitrogens with zero attached hydrogens (tertiary/aromatic N) is 2. The highest BCUT2D eigenvalue weighted by atomic mass is 32.1. The van der Waals surface area contributed by atoms with E-state index in [4.69, 9.17) is 4.52 Å². The van der Waals surface area contributed by atoms with Crippen molar-refractivity contribution in [1.29, 1.82) is 0 Å². The van der Waals surface area contributed by atoms with Crippen molar-refractivity contribution in [3.63, 3.8) is 0 Å². The minimum Gasteiger partial charge on any atom is -0.359 e. The van der Waals surface area contributed by atoms with Crippen LogP contribution in [0.1, 0.15) is 11.5 Å². The highest BCUT2D eigenvalue weighted by Gasteiger charge is 2.05. The third kappa shape index (κ3) is 1.12. The molecule has 52 valence electrons. The van der Waals surface area contributed by atoms with Crippen LogP contribution < -0.4 is 0 Å². The van der Waals surface area contributed by atoms with Gasteiger partial charge in [-0.15, -0.1) is 0 Å². The van der Waals surface area contributed by atoms with Crippen LogP contribution in [0.4, 0.5) is 5.69 Å². The molecule has 4 heteroatoms. The summed E-state index contributed by atoms with van der Waals surface area (Å²) in [5.74, 6) is 0.676. The maximum atomic E-state index is 4.82. The highest BCUT2D eigenvalue weighted by molar-refractivity contribution is 7.78. The number of hydrogen-bond donors (Lipinski definition) is 0. The zero-order valence-electron chi connectivity index (χ0n) is 5.71. The lowest BCUT2D eigenvalue weighted by Crippen LogP contribution is -1.67. The van der Waals surface area contributed by atoms with Crippen LogP contribution in [0.2, 0.25) is 0 Å². The summed E-state index contributed by atoms with van der Waals surface area (Å²) in [6, 6.07) is 0. The Morgan fingerprint density at radius 1 is 1.60 bits per heavy atom. The van der Waals surface area contributed by atoms with Gasteiger partial charge in [-0.25, -0.2) is 0 Å². The zero-order valence-corrected chi connectivity index (χ0v) is 6.53. The molecular weight excluding hydrogens is 148 g/mol. The van der Waals surface area contributed by atoms with Gasteiger partial charge in [-0.2, -0.15) is 4.99 Å². The van der Waals surface area contributed by atoms with Gasteiger partial charge in [0.25, 0.3) is 0 Å². The summed E-state index contributed by atoms with van der Waals surface area (Å²) in [6.45, 7) is 3.59. The Bertz CT molecular complexity index is 266. The summed E-state index contributed by atoms with van der Waals surface area (Å²) >= 11 is 4.43. The fourth-order valence-electron chi connectivity index (χ4n) is 0.683. The molecule has 0 saturated carbocycles. The van der Waals surface area contributed by atoms with Crippen LogP contribution in [0.5, 0.6) is 0 Å². The average Bonchev–Trinajstić information content (AvgIpc) is 2.20. The largest absolute Gasteiger partial charge is 0.359 e. The van der Waals surface area contributed by atoms with Crippen molar-refractivity contribution in [2.24, 2.45) is 4.99 Å². The Kier molecular flexibility index (Phi) is 1.94. The van der Waals surface area contributed by atoms with Crippen LogP contribution >= 0.6 is 12.2 Å². The van der Waals surface area contributed by atoms with Gasteiger partial charge in [-0.1, -0.05) is 5.16 Å². The number of aliphatic imine (C=N–C) groups is 1. The average molecular weight is 154 g/mol. The molecule has 0 N–H and O–H groups in total. The fraction of sp³-hybridized carbons (Fsp3) is 0.333. The molecule has 0 unspecified atom stereocenters. The Balaban J connectivity index is 3.22. The summed E-state index contributed by atoms with van der Waals surface area (Å²) in [5.41, 5.74) is 1.44. The Morgan fingerprint density at radius 3 is 2.70 bits per heavy atom. The van der Waals surface area contributed by atoms with Crippen molar-refractivity contribution < 1.29 is 4.52 Å². The molecule has 0 aliphatic heterocycles. The van der Waals surface area contributed by atoms with E-state index in [9.17, 15) is 0 Å². The first-order valence-corrected chi connectivity index (χ1v) is 3.17. The van der Waals surface area contributed by atoms with Gasteiger partial charge in [0.2, 0.25) is 0 Å². The summed E-state index contributed by atoms with van der Waals surface area (Å²) in [6.07, 6.45) is 0. The standard InChI is InChI=1S/C6H6N2OS/c1-4-6(7-3-10)5(2)9-8-4/h1-2H3. The van der Waals surface area contributed by atoms with Crippen LogP contribution in [-0.2, 0) is 0 Å². The number of rotatable bonds is 1. The number of isothiocyanates is 1. The van der Waals surface area contributed by atoms with E-state index in [0.717, 1.165) is 5.69 Å². The second-order valence-corrected chi connectivity index (χ2v) is 2.06. The van der Waals surface area contributed by atoms with Crippen LogP contribution in [0.25, 0.3) is 0 Å².